The molecule has 27 heavy (non-hydrogen) atoms. The fourth-order valence-corrected chi connectivity index (χ4v) is 2.91. The van der Waals surface area contributed by atoms with Crippen LogP contribution in [0.1, 0.15) is 57.3 Å². The Morgan fingerprint density at radius 1 is 1.22 bits per heavy atom. The molecule has 2 rings (SSSR count). The molecule has 148 valence electrons. The van der Waals surface area contributed by atoms with Gasteiger partial charge in [0.25, 0.3) is 5.91 Å². The maximum atomic E-state index is 12.3. The molecule has 0 bridgehead atoms. The van der Waals surface area contributed by atoms with E-state index in [-0.39, 0.29) is 24.1 Å². The van der Waals surface area contributed by atoms with Crippen LogP contribution in [0.25, 0.3) is 0 Å². The summed E-state index contributed by atoms with van der Waals surface area (Å²) >= 11 is 0. The van der Waals surface area contributed by atoms with Crippen molar-refractivity contribution in [1.29, 1.82) is 0 Å². The fraction of sp³-hybridized carbons (Fsp3) is 0.550. The molecule has 0 unspecified atom stereocenters. The van der Waals surface area contributed by atoms with E-state index in [1.54, 1.807) is 43.9 Å². The van der Waals surface area contributed by atoms with Gasteiger partial charge in [0.15, 0.2) is 6.61 Å². The molecule has 1 aromatic carbocycles. The van der Waals surface area contributed by atoms with Crippen molar-refractivity contribution in [2.75, 3.05) is 18.5 Å². The number of likely N-dealkylation sites (tertiary alicyclic amines) is 1. The van der Waals surface area contributed by atoms with Crippen LogP contribution in [-0.2, 0) is 14.3 Å². The minimum atomic E-state index is -0.618. The highest BCUT2D eigenvalue weighted by molar-refractivity contribution is 5.93. The van der Waals surface area contributed by atoms with Gasteiger partial charge in [-0.2, -0.15) is 0 Å². The van der Waals surface area contributed by atoms with Crippen molar-refractivity contribution >= 4 is 23.7 Å². The molecule has 0 aliphatic carbocycles. The third-order valence-corrected chi connectivity index (χ3v) is 4.19. The lowest BCUT2D eigenvalue weighted by Gasteiger charge is -2.33. The number of nitrogens with one attached hydrogen (secondary N) is 1. The predicted octanol–water partition coefficient (Wildman–Crippen LogP) is 3.59. The quantitative estimate of drug-likeness (QED) is 0.812. The Labute approximate surface area is 160 Å². The summed E-state index contributed by atoms with van der Waals surface area (Å²) in [5.74, 6) is -0.792. The van der Waals surface area contributed by atoms with E-state index < -0.39 is 17.7 Å². The van der Waals surface area contributed by atoms with E-state index in [2.05, 4.69) is 5.32 Å². The number of amides is 2. The van der Waals surface area contributed by atoms with Crippen molar-refractivity contribution in [3.63, 3.8) is 0 Å². The number of ether oxygens (including phenoxy) is 2. The normalized spacial score (nSPS) is 17.2. The van der Waals surface area contributed by atoms with Crippen LogP contribution in [0.15, 0.2) is 24.3 Å². The van der Waals surface area contributed by atoms with Crippen molar-refractivity contribution in [2.24, 2.45) is 0 Å². The summed E-state index contributed by atoms with van der Waals surface area (Å²) in [6, 6.07) is 6.49. The van der Waals surface area contributed by atoms with Crippen LogP contribution >= 0.6 is 0 Å². The molecule has 0 spiro atoms. The number of carbonyl (C=O) groups excluding carboxylic acids is 3. The molecule has 0 radical (unpaired) electrons. The molecule has 7 heteroatoms. The first-order valence-corrected chi connectivity index (χ1v) is 9.22. The van der Waals surface area contributed by atoms with Crippen LogP contribution in [0.2, 0.25) is 0 Å². The molecule has 1 fully saturated rings. The van der Waals surface area contributed by atoms with Gasteiger partial charge in [0.2, 0.25) is 0 Å². The first-order chi connectivity index (χ1) is 12.7. The molecule has 1 aliphatic heterocycles. The first kappa shape index (κ1) is 20.7. The predicted molar refractivity (Wildman–Crippen MR) is 102 cm³/mol. The zero-order valence-electron chi connectivity index (χ0n) is 16.4. The van der Waals surface area contributed by atoms with E-state index in [0.29, 0.717) is 12.2 Å². The second kappa shape index (κ2) is 8.88. The van der Waals surface area contributed by atoms with Gasteiger partial charge in [-0.1, -0.05) is 6.07 Å². The highest BCUT2D eigenvalue weighted by atomic mass is 16.6. The number of rotatable bonds is 4. The Balaban J connectivity index is 1.91. The maximum Gasteiger partial charge on any atom is 0.412 e. The van der Waals surface area contributed by atoms with Crippen LogP contribution in [0.5, 0.6) is 0 Å². The van der Waals surface area contributed by atoms with Gasteiger partial charge in [-0.25, -0.2) is 9.59 Å². The molecule has 1 heterocycles. The summed E-state index contributed by atoms with van der Waals surface area (Å²) in [5, 5.41) is 2.57. The van der Waals surface area contributed by atoms with Crippen LogP contribution in [0.3, 0.4) is 0 Å². The highest BCUT2D eigenvalue weighted by Crippen LogP contribution is 2.17. The smallest absolute Gasteiger partial charge is 0.412 e. The van der Waals surface area contributed by atoms with Gasteiger partial charge < -0.3 is 14.4 Å². The van der Waals surface area contributed by atoms with E-state index in [0.717, 1.165) is 19.3 Å². The highest BCUT2D eigenvalue weighted by Gasteiger charge is 2.24. The zero-order chi connectivity index (χ0) is 20.0. The van der Waals surface area contributed by atoms with E-state index in [1.807, 2.05) is 6.92 Å². The van der Waals surface area contributed by atoms with Crippen LogP contribution in [0.4, 0.5) is 10.5 Å². The van der Waals surface area contributed by atoms with Gasteiger partial charge in [0.05, 0.1) is 5.56 Å². The molecule has 1 N–H and O–H groups in total. The Hall–Kier alpha value is -2.57. The van der Waals surface area contributed by atoms with Gasteiger partial charge in [-0.15, -0.1) is 0 Å². The molecule has 1 aliphatic rings. The lowest BCUT2D eigenvalue weighted by Crippen LogP contribution is -2.44. The van der Waals surface area contributed by atoms with Crippen molar-refractivity contribution in [3.8, 4) is 0 Å². The number of benzene rings is 1. The van der Waals surface area contributed by atoms with Gasteiger partial charge >= 0.3 is 12.1 Å². The molecule has 1 saturated heterocycles. The van der Waals surface area contributed by atoms with E-state index in [4.69, 9.17) is 9.47 Å². The Kier molecular flexibility index (Phi) is 6.82. The summed E-state index contributed by atoms with van der Waals surface area (Å²) in [5.41, 5.74) is 0.0461. The molecule has 1 atom stereocenters. The summed E-state index contributed by atoms with van der Waals surface area (Å²) < 4.78 is 10.3. The second-order valence-corrected chi connectivity index (χ2v) is 7.72. The van der Waals surface area contributed by atoms with Crippen LogP contribution < -0.4 is 5.32 Å². The number of piperidine rings is 1. The minimum absolute atomic E-state index is 0.173. The maximum absolute atomic E-state index is 12.3. The number of hydrogen-bond acceptors (Lipinski definition) is 5. The topological polar surface area (TPSA) is 84.9 Å². The SMILES string of the molecule is C[C@@H]1CCCCN1C(=O)COC(=O)c1cccc(NC(=O)OC(C)(C)C)c1. The molecule has 1 aromatic rings. The van der Waals surface area contributed by atoms with Crippen molar-refractivity contribution in [1.82, 2.24) is 4.90 Å². The Morgan fingerprint density at radius 2 is 1.96 bits per heavy atom. The van der Waals surface area contributed by atoms with Crippen LogP contribution in [-0.4, -0.2) is 47.7 Å². The monoisotopic (exact) mass is 376 g/mol. The molecule has 0 saturated carbocycles. The minimum Gasteiger partial charge on any atom is -0.452 e. The van der Waals surface area contributed by atoms with Crippen molar-refractivity contribution in [2.45, 2.75) is 58.6 Å². The number of carbonyl (C=O) groups is 3. The first-order valence-electron chi connectivity index (χ1n) is 9.22. The standard InChI is InChI=1S/C20H28N2O5/c1-14-8-5-6-11-22(14)17(23)13-26-18(24)15-9-7-10-16(12-15)21-19(25)27-20(2,3)4/h7,9-10,12,14H,5-6,8,11,13H2,1-4H3,(H,21,25)/t14-/m1/s1. The molecular formula is C20H28N2O5. The van der Waals surface area contributed by atoms with Crippen LogP contribution in [0, 0.1) is 0 Å². The fourth-order valence-electron chi connectivity index (χ4n) is 2.91. The summed E-state index contributed by atoms with van der Waals surface area (Å²) in [6.07, 6.45) is 2.45. The molecule has 2 amide bonds. The molecule has 0 aromatic heterocycles. The van der Waals surface area contributed by atoms with Gasteiger partial charge in [0, 0.05) is 18.3 Å². The summed E-state index contributed by atoms with van der Waals surface area (Å²) in [7, 11) is 0. The van der Waals surface area contributed by atoms with Crippen molar-refractivity contribution in [3.05, 3.63) is 29.8 Å². The third-order valence-electron chi connectivity index (χ3n) is 4.19. The van der Waals surface area contributed by atoms with E-state index in [9.17, 15) is 14.4 Å². The third kappa shape index (κ3) is 6.58. The van der Waals surface area contributed by atoms with Gasteiger partial charge in [-0.3, -0.25) is 10.1 Å². The number of hydrogen-bond donors (Lipinski definition) is 1. The molecule has 7 nitrogen and oxygen atoms in total. The lowest BCUT2D eigenvalue weighted by atomic mass is 10.0. The van der Waals surface area contributed by atoms with E-state index >= 15 is 0 Å². The van der Waals surface area contributed by atoms with Crippen molar-refractivity contribution < 1.29 is 23.9 Å². The molecular weight excluding hydrogens is 348 g/mol. The van der Waals surface area contributed by atoms with Gasteiger partial charge in [-0.05, 0) is 65.2 Å². The second-order valence-electron chi connectivity index (χ2n) is 7.72. The van der Waals surface area contributed by atoms with E-state index in [1.165, 1.54) is 6.07 Å². The Morgan fingerprint density at radius 3 is 2.63 bits per heavy atom. The lowest BCUT2D eigenvalue weighted by molar-refractivity contribution is -0.137. The number of anilines is 1. The number of esters is 1. The Bertz CT molecular complexity index is 696. The van der Waals surface area contributed by atoms with Gasteiger partial charge in [0.1, 0.15) is 5.60 Å². The average molecular weight is 376 g/mol. The zero-order valence-corrected chi connectivity index (χ0v) is 16.4. The number of nitrogens with zero attached hydrogens (tertiary/aromatic N) is 1. The summed E-state index contributed by atoms with van der Waals surface area (Å²) in [4.78, 5) is 38.1. The summed E-state index contributed by atoms with van der Waals surface area (Å²) in [6.45, 7) is 7.71. The average Bonchev–Trinajstić information content (AvgIpc) is 2.58. The largest absolute Gasteiger partial charge is 0.452 e.